The number of rotatable bonds is 8. The van der Waals surface area contributed by atoms with Gasteiger partial charge in [-0.3, -0.25) is 0 Å². The van der Waals surface area contributed by atoms with Gasteiger partial charge >= 0.3 is 0 Å². The molecular weight excluding hydrogens is 380 g/mol. The summed E-state index contributed by atoms with van der Waals surface area (Å²) in [5, 5.41) is 47.0. The molecule has 1 aliphatic rings. The normalized spacial score (nSPS) is 23.1. The van der Waals surface area contributed by atoms with Crippen molar-refractivity contribution in [3.63, 3.8) is 0 Å². The molecule has 1 aliphatic carbocycles. The van der Waals surface area contributed by atoms with Crippen molar-refractivity contribution in [3.8, 4) is 11.5 Å². The number of nitrogens with zero attached hydrogens (tertiary/aromatic N) is 2. The fourth-order valence-electron chi connectivity index (χ4n) is 4.58. The van der Waals surface area contributed by atoms with Crippen molar-refractivity contribution < 1.29 is 20.4 Å². The molecule has 3 rings (SSSR count). The first-order chi connectivity index (χ1) is 14.4. The fourth-order valence-corrected chi connectivity index (χ4v) is 4.58. The molecule has 0 amide bonds. The lowest BCUT2D eigenvalue weighted by Crippen LogP contribution is -2.63. The number of hydrogen-bond acceptors (Lipinski definition) is 6. The third kappa shape index (κ3) is 3.82. The highest BCUT2D eigenvalue weighted by Gasteiger charge is 2.40. The van der Waals surface area contributed by atoms with E-state index < -0.39 is 24.0 Å². The Kier molecular flexibility index (Phi) is 6.78. The van der Waals surface area contributed by atoms with Crippen LogP contribution in [0.3, 0.4) is 0 Å². The molecule has 0 aromatic heterocycles. The van der Waals surface area contributed by atoms with Gasteiger partial charge in [0.05, 0.1) is 0 Å². The predicted octanol–water partition coefficient (Wildman–Crippen LogP) is 2.13. The Bertz CT molecular complexity index is 785. The van der Waals surface area contributed by atoms with Gasteiger partial charge in [-0.05, 0) is 62.8 Å². The second kappa shape index (κ2) is 9.14. The van der Waals surface area contributed by atoms with E-state index in [1.807, 2.05) is 39.8 Å². The minimum Gasteiger partial charge on any atom is -0.851 e. The molecule has 2 aromatic carbocycles. The minimum absolute atomic E-state index is 0.00865. The van der Waals surface area contributed by atoms with Crippen molar-refractivity contribution in [2.24, 2.45) is 0 Å². The van der Waals surface area contributed by atoms with E-state index in [1.165, 1.54) is 0 Å². The lowest BCUT2D eigenvalue weighted by Gasteiger charge is -2.61. The van der Waals surface area contributed by atoms with E-state index in [-0.39, 0.29) is 11.5 Å². The van der Waals surface area contributed by atoms with Crippen LogP contribution in [0.5, 0.6) is 11.5 Å². The summed E-state index contributed by atoms with van der Waals surface area (Å²) in [5.41, 5.74) is 2.54. The maximum Gasteiger partial charge on any atom is 0.121 e. The highest BCUT2D eigenvalue weighted by Crippen LogP contribution is 2.50. The number of anilines is 2. The zero-order valence-electron chi connectivity index (χ0n) is 18.2. The Morgan fingerprint density at radius 3 is 1.27 bits per heavy atom. The Morgan fingerprint density at radius 2 is 1.00 bits per heavy atom. The molecule has 0 atom stereocenters. The molecule has 6 nitrogen and oxygen atoms in total. The Balaban J connectivity index is 1.82. The molecule has 0 saturated heterocycles. The van der Waals surface area contributed by atoms with Crippen LogP contribution >= 0.6 is 0 Å². The summed E-state index contributed by atoms with van der Waals surface area (Å²) in [6.07, 6.45) is -2.41. The first kappa shape index (κ1) is 22.2. The molecule has 0 aliphatic heterocycles. The number of aromatic hydroxyl groups is 2. The standard InChI is InChI=1S/C24H32N2O4/c1-5-25(6-2)15-9-11-17(19(27)13-15)21-23(29)22(24(21)30)18-12-10-16(14-20(18)28)26(7-3)8-4/h9-14,21-24,27-28H,5-8H2,1-4H3/q-2. The molecule has 2 N–H and O–H groups in total. The first-order valence-electron chi connectivity index (χ1n) is 10.8. The zero-order valence-corrected chi connectivity index (χ0v) is 18.2. The summed E-state index contributed by atoms with van der Waals surface area (Å²) in [7, 11) is 0. The van der Waals surface area contributed by atoms with Crippen LogP contribution in [-0.2, 0) is 0 Å². The fraction of sp³-hybridized carbons (Fsp3) is 0.500. The Morgan fingerprint density at radius 1 is 0.667 bits per heavy atom. The summed E-state index contributed by atoms with van der Waals surface area (Å²) in [4.78, 5) is 4.18. The van der Waals surface area contributed by atoms with Gasteiger partial charge in [0.1, 0.15) is 11.5 Å². The SMILES string of the molecule is CCN(CC)c1ccc(C2C([O-])C(c3ccc(N(CC)CC)cc3O)C2[O-])c(O)c1. The Hall–Kier alpha value is -2.44. The van der Waals surface area contributed by atoms with Crippen LogP contribution in [-0.4, -0.2) is 48.6 Å². The average molecular weight is 413 g/mol. The van der Waals surface area contributed by atoms with E-state index >= 15 is 0 Å². The molecule has 0 bridgehead atoms. The van der Waals surface area contributed by atoms with Crippen LogP contribution in [0, 0.1) is 0 Å². The smallest absolute Gasteiger partial charge is 0.121 e. The third-order valence-electron chi connectivity index (χ3n) is 6.42. The monoisotopic (exact) mass is 412 g/mol. The second-order valence-corrected chi connectivity index (χ2v) is 7.81. The van der Waals surface area contributed by atoms with Crippen molar-refractivity contribution in [2.45, 2.75) is 51.7 Å². The van der Waals surface area contributed by atoms with Crippen LogP contribution in [0.25, 0.3) is 0 Å². The second-order valence-electron chi connectivity index (χ2n) is 7.81. The molecule has 0 radical (unpaired) electrons. The molecule has 1 fully saturated rings. The summed E-state index contributed by atoms with van der Waals surface area (Å²) < 4.78 is 0. The molecule has 1 saturated carbocycles. The Labute approximate surface area is 179 Å². The molecular formula is C24H32N2O4-2. The van der Waals surface area contributed by atoms with Crippen molar-refractivity contribution >= 4 is 11.4 Å². The molecule has 30 heavy (non-hydrogen) atoms. The molecule has 2 aromatic rings. The maximum absolute atomic E-state index is 13.0. The summed E-state index contributed by atoms with van der Waals surface area (Å²) in [6, 6.07) is 10.4. The number of phenolic OH excluding ortho intramolecular Hbond substituents is 2. The van der Waals surface area contributed by atoms with Crippen LogP contribution in [0.1, 0.15) is 50.7 Å². The van der Waals surface area contributed by atoms with Gasteiger partial charge < -0.3 is 30.2 Å². The minimum atomic E-state index is -1.21. The zero-order chi connectivity index (χ0) is 22.0. The van der Waals surface area contributed by atoms with Gasteiger partial charge in [-0.2, -0.15) is 0 Å². The van der Waals surface area contributed by atoms with Crippen molar-refractivity contribution in [1.29, 1.82) is 0 Å². The highest BCUT2D eigenvalue weighted by atomic mass is 16.3. The predicted molar refractivity (Wildman–Crippen MR) is 116 cm³/mol. The van der Waals surface area contributed by atoms with Crippen LogP contribution in [0.2, 0.25) is 0 Å². The number of hydrogen-bond donors (Lipinski definition) is 2. The van der Waals surface area contributed by atoms with Crippen molar-refractivity contribution in [1.82, 2.24) is 0 Å². The van der Waals surface area contributed by atoms with Gasteiger partial charge in [0.25, 0.3) is 0 Å². The van der Waals surface area contributed by atoms with Gasteiger partial charge in [-0.1, -0.05) is 12.1 Å². The van der Waals surface area contributed by atoms with Gasteiger partial charge in [0, 0.05) is 49.7 Å². The van der Waals surface area contributed by atoms with Crippen molar-refractivity contribution in [3.05, 3.63) is 47.5 Å². The van der Waals surface area contributed by atoms with E-state index in [2.05, 4.69) is 9.80 Å². The molecule has 6 heteroatoms. The molecule has 0 spiro atoms. The summed E-state index contributed by atoms with van der Waals surface area (Å²) in [5.74, 6) is -1.65. The highest BCUT2D eigenvalue weighted by molar-refractivity contribution is 5.58. The van der Waals surface area contributed by atoms with Crippen LogP contribution in [0.15, 0.2) is 36.4 Å². The summed E-state index contributed by atoms with van der Waals surface area (Å²) >= 11 is 0. The number of phenols is 2. The topological polar surface area (TPSA) is 93.1 Å². The van der Waals surface area contributed by atoms with E-state index in [4.69, 9.17) is 0 Å². The third-order valence-corrected chi connectivity index (χ3v) is 6.42. The first-order valence-corrected chi connectivity index (χ1v) is 10.8. The van der Waals surface area contributed by atoms with Gasteiger partial charge in [-0.15, -0.1) is 12.2 Å². The quantitative estimate of drug-likeness (QED) is 0.690. The molecule has 0 heterocycles. The van der Waals surface area contributed by atoms with E-state index in [0.29, 0.717) is 11.1 Å². The van der Waals surface area contributed by atoms with E-state index in [9.17, 15) is 20.4 Å². The summed E-state index contributed by atoms with van der Waals surface area (Å²) in [6.45, 7) is 11.3. The van der Waals surface area contributed by atoms with Crippen LogP contribution in [0.4, 0.5) is 11.4 Å². The average Bonchev–Trinajstić information content (AvgIpc) is 2.73. The van der Waals surface area contributed by atoms with Gasteiger partial charge in [0.15, 0.2) is 0 Å². The van der Waals surface area contributed by atoms with Crippen molar-refractivity contribution in [2.75, 3.05) is 36.0 Å². The lowest BCUT2D eigenvalue weighted by atomic mass is 9.63. The van der Waals surface area contributed by atoms with E-state index in [1.54, 1.807) is 24.3 Å². The van der Waals surface area contributed by atoms with E-state index in [0.717, 1.165) is 37.6 Å². The maximum atomic E-state index is 13.0. The van der Waals surface area contributed by atoms with Gasteiger partial charge in [-0.25, -0.2) is 0 Å². The van der Waals surface area contributed by atoms with Gasteiger partial charge in [0.2, 0.25) is 0 Å². The van der Waals surface area contributed by atoms with Crippen LogP contribution < -0.4 is 20.0 Å². The largest absolute Gasteiger partial charge is 0.851 e. The number of benzene rings is 2. The lowest BCUT2D eigenvalue weighted by molar-refractivity contribution is -0.536. The molecule has 0 unspecified atom stereocenters. The molecule has 164 valence electrons.